The van der Waals surface area contributed by atoms with Gasteiger partial charge in [-0.2, -0.15) is 0 Å². The molecule has 154 valence electrons. The Bertz CT molecular complexity index is 856. The van der Waals surface area contributed by atoms with Gasteiger partial charge in [0.15, 0.2) is 0 Å². The monoisotopic (exact) mass is 395 g/mol. The second kappa shape index (κ2) is 8.66. The van der Waals surface area contributed by atoms with Crippen LogP contribution in [0.2, 0.25) is 0 Å². The van der Waals surface area contributed by atoms with Gasteiger partial charge < -0.3 is 9.64 Å². The fraction of sp³-hybridized carbons (Fsp3) is 0.480. The van der Waals surface area contributed by atoms with Crippen LogP contribution < -0.4 is 0 Å². The Labute approximate surface area is 172 Å². The van der Waals surface area contributed by atoms with E-state index in [9.17, 15) is 9.18 Å². The van der Waals surface area contributed by atoms with Gasteiger partial charge in [-0.3, -0.25) is 0 Å². The smallest absolute Gasteiger partial charge is 0.337 e. The molecule has 1 aliphatic carbocycles. The molecule has 1 saturated heterocycles. The third kappa shape index (κ3) is 4.37. The lowest BCUT2D eigenvalue weighted by atomic mass is 9.88. The lowest BCUT2D eigenvalue weighted by Gasteiger charge is -2.36. The summed E-state index contributed by atoms with van der Waals surface area (Å²) in [6.45, 7) is 4.35. The van der Waals surface area contributed by atoms with E-state index in [0.717, 1.165) is 25.9 Å². The molecule has 2 fully saturated rings. The van der Waals surface area contributed by atoms with Crippen molar-refractivity contribution >= 4 is 5.97 Å². The molecule has 0 aromatic heterocycles. The molecule has 2 aliphatic rings. The minimum atomic E-state index is -0.270. The predicted molar refractivity (Wildman–Crippen MR) is 113 cm³/mol. The lowest BCUT2D eigenvalue weighted by molar-refractivity contribution is 0.0600. The zero-order valence-corrected chi connectivity index (χ0v) is 17.4. The first-order valence-corrected chi connectivity index (χ1v) is 10.7. The Balaban J connectivity index is 1.35. The minimum absolute atomic E-state index is 0.155. The molecule has 4 heteroatoms. The first-order valence-electron chi connectivity index (χ1n) is 10.7. The molecule has 0 spiro atoms. The molecule has 2 aromatic carbocycles. The number of methoxy groups -OCH3 is 1. The van der Waals surface area contributed by atoms with Crippen LogP contribution in [0.1, 0.15) is 71.0 Å². The van der Waals surface area contributed by atoms with Crippen LogP contribution in [0, 0.1) is 12.7 Å². The maximum absolute atomic E-state index is 13.2. The summed E-state index contributed by atoms with van der Waals surface area (Å²) in [5, 5.41) is 0. The summed E-state index contributed by atoms with van der Waals surface area (Å²) < 4.78 is 18.0. The quantitative estimate of drug-likeness (QED) is 0.646. The predicted octanol–water partition coefficient (Wildman–Crippen LogP) is 5.44. The number of carbonyl (C=O) groups is 1. The second-order valence-electron chi connectivity index (χ2n) is 8.59. The van der Waals surface area contributed by atoms with E-state index in [1.165, 1.54) is 43.1 Å². The van der Waals surface area contributed by atoms with Gasteiger partial charge >= 0.3 is 5.97 Å². The number of nitrogens with zero attached hydrogens (tertiary/aromatic N) is 1. The summed E-state index contributed by atoms with van der Waals surface area (Å²) >= 11 is 0. The van der Waals surface area contributed by atoms with Crippen LogP contribution in [0.15, 0.2) is 42.5 Å². The number of piperidine rings is 1. The first-order chi connectivity index (χ1) is 14.0. The fourth-order valence-corrected chi connectivity index (χ4v) is 5.28. The third-order valence-corrected chi connectivity index (χ3v) is 6.92. The summed E-state index contributed by atoms with van der Waals surface area (Å²) in [6.07, 6.45) is 5.95. The van der Waals surface area contributed by atoms with Crippen molar-refractivity contribution in [1.29, 1.82) is 0 Å². The SMILES string of the molecule is COC(=O)c1ccc(C2CCC(N3CCC(c4ccc(F)cc4)CC3)C2)c(C)c1. The molecule has 0 N–H and O–H groups in total. The zero-order valence-electron chi connectivity index (χ0n) is 17.4. The molecule has 2 aromatic rings. The number of esters is 1. The molecule has 1 aliphatic heterocycles. The van der Waals surface area contributed by atoms with Gasteiger partial charge in [0.2, 0.25) is 0 Å². The van der Waals surface area contributed by atoms with E-state index in [0.29, 0.717) is 23.4 Å². The number of likely N-dealkylation sites (tertiary alicyclic amines) is 1. The van der Waals surface area contributed by atoms with Crippen LogP contribution in [-0.2, 0) is 4.74 Å². The average Bonchev–Trinajstić information content (AvgIpc) is 3.23. The van der Waals surface area contributed by atoms with Crippen LogP contribution in [0.3, 0.4) is 0 Å². The molecule has 2 unspecified atom stereocenters. The van der Waals surface area contributed by atoms with Gasteiger partial charge in [0.1, 0.15) is 5.82 Å². The van der Waals surface area contributed by atoms with Gasteiger partial charge in [-0.05, 0) is 105 Å². The number of benzene rings is 2. The molecule has 0 amide bonds. The number of rotatable bonds is 4. The maximum atomic E-state index is 13.2. The zero-order chi connectivity index (χ0) is 20.4. The molecule has 1 saturated carbocycles. The number of carbonyl (C=O) groups excluding carboxylic acids is 1. The first kappa shape index (κ1) is 20.1. The molecule has 3 nitrogen and oxygen atoms in total. The van der Waals surface area contributed by atoms with Gasteiger partial charge in [-0.25, -0.2) is 9.18 Å². The van der Waals surface area contributed by atoms with E-state index >= 15 is 0 Å². The molecule has 0 radical (unpaired) electrons. The van der Waals surface area contributed by atoms with Crippen molar-refractivity contribution in [3.8, 4) is 0 Å². The van der Waals surface area contributed by atoms with Crippen molar-refractivity contribution in [2.24, 2.45) is 0 Å². The van der Waals surface area contributed by atoms with Crippen molar-refractivity contribution in [3.05, 3.63) is 70.5 Å². The van der Waals surface area contributed by atoms with E-state index in [2.05, 4.69) is 17.9 Å². The van der Waals surface area contributed by atoms with Crippen LogP contribution in [0.4, 0.5) is 4.39 Å². The average molecular weight is 396 g/mol. The second-order valence-corrected chi connectivity index (χ2v) is 8.59. The molecule has 2 atom stereocenters. The number of halogens is 1. The Kier molecular flexibility index (Phi) is 6.00. The van der Waals surface area contributed by atoms with Crippen molar-refractivity contribution in [2.75, 3.05) is 20.2 Å². The molecule has 29 heavy (non-hydrogen) atoms. The van der Waals surface area contributed by atoms with Crippen molar-refractivity contribution < 1.29 is 13.9 Å². The number of aryl methyl sites for hydroxylation is 1. The highest BCUT2D eigenvalue weighted by molar-refractivity contribution is 5.89. The van der Waals surface area contributed by atoms with Crippen LogP contribution in [0.5, 0.6) is 0 Å². The summed E-state index contributed by atoms with van der Waals surface area (Å²) in [6, 6.07) is 13.7. The van der Waals surface area contributed by atoms with E-state index in [1.807, 2.05) is 24.3 Å². The van der Waals surface area contributed by atoms with Gasteiger partial charge in [-0.15, -0.1) is 0 Å². The number of hydrogen-bond acceptors (Lipinski definition) is 3. The Hall–Kier alpha value is -2.20. The summed E-state index contributed by atoms with van der Waals surface area (Å²) in [5.41, 5.74) is 4.47. The van der Waals surface area contributed by atoms with E-state index in [4.69, 9.17) is 4.74 Å². The molecular weight excluding hydrogens is 365 g/mol. The van der Waals surface area contributed by atoms with Gasteiger partial charge in [0.05, 0.1) is 12.7 Å². The summed E-state index contributed by atoms with van der Waals surface area (Å²) in [7, 11) is 1.42. The topological polar surface area (TPSA) is 29.5 Å². The Morgan fingerprint density at radius 1 is 1.00 bits per heavy atom. The summed E-state index contributed by atoms with van der Waals surface area (Å²) in [5.74, 6) is 0.699. The third-order valence-electron chi connectivity index (χ3n) is 6.92. The Morgan fingerprint density at radius 3 is 2.38 bits per heavy atom. The normalized spacial score (nSPS) is 23.3. The van der Waals surface area contributed by atoms with Gasteiger partial charge in [0, 0.05) is 6.04 Å². The van der Waals surface area contributed by atoms with Crippen LogP contribution >= 0.6 is 0 Å². The highest BCUT2D eigenvalue weighted by Crippen LogP contribution is 2.40. The molecular formula is C25H30FNO2. The van der Waals surface area contributed by atoms with Gasteiger partial charge in [0.25, 0.3) is 0 Å². The molecule has 4 rings (SSSR count). The fourth-order valence-electron chi connectivity index (χ4n) is 5.28. The highest BCUT2D eigenvalue weighted by Gasteiger charge is 2.33. The van der Waals surface area contributed by atoms with Crippen molar-refractivity contribution in [1.82, 2.24) is 4.90 Å². The largest absolute Gasteiger partial charge is 0.465 e. The van der Waals surface area contributed by atoms with Crippen molar-refractivity contribution in [2.45, 2.75) is 56.9 Å². The van der Waals surface area contributed by atoms with E-state index in [-0.39, 0.29) is 11.8 Å². The number of hydrogen-bond donors (Lipinski definition) is 0. The van der Waals surface area contributed by atoms with Crippen LogP contribution in [-0.4, -0.2) is 37.1 Å². The maximum Gasteiger partial charge on any atom is 0.337 e. The van der Waals surface area contributed by atoms with Crippen LogP contribution in [0.25, 0.3) is 0 Å². The van der Waals surface area contributed by atoms with Gasteiger partial charge in [-0.1, -0.05) is 18.2 Å². The highest BCUT2D eigenvalue weighted by atomic mass is 19.1. The molecule has 0 bridgehead atoms. The lowest BCUT2D eigenvalue weighted by Crippen LogP contribution is -2.39. The standard InChI is InChI=1S/C25H30FNO2/c1-17-15-21(25(28)29-2)6-10-24(17)20-5-9-23(16-20)27-13-11-19(12-14-27)18-3-7-22(26)8-4-18/h3-4,6-8,10,15,19-20,23H,5,9,11-14,16H2,1-2H3. The minimum Gasteiger partial charge on any atom is -0.465 e. The van der Waals surface area contributed by atoms with E-state index in [1.54, 1.807) is 12.1 Å². The molecule has 1 heterocycles. The van der Waals surface area contributed by atoms with E-state index < -0.39 is 0 Å². The Morgan fingerprint density at radius 2 is 1.72 bits per heavy atom. The number of ether oxygens (including phenoxy) is 1. The van der Waals surface area contributed by atoms with Crippen molar-refractivity contribution in [3.63, 3.8) is 0 Å². The summed E-state index contributed by atoms with van der Waals surface area (Å²) in [4.78, 5) is 14.4.